The van der Waals surface area contributed by atoms with E-state index in [1.54, 1.807) is 5.57 Å². The Hall–Kier alpha value is -1.03. The van der Waals surface area contributed by atoms with E-state index in [0.717, 1.165) is 6.54 Å². The summed E-state index contributed by atoms with van der Waals surface area (Å²) in [6.45, 7) is 0.750. The number of hydrogen-bond acceptors (Lipinski definition) is 2. The molecule has 2 aliphatic carbocycles. The minimum Gasteiger partial charge on any atom is -0.350 e. The zero-order valence-electron chi connectivity index (χ0n) is 6.66. The van der Waals surface area contributed by atoms with E-state index in [-0.39, 0.29) is 6.03 Å². The van der Waals surface area contributed by atoms with Gasteiger partial charge < -0.3 is 5.73 Å². The molecule has 1 saturated carbocycles. The molecule has 2 amide bonds. The first-order chi connectivity index (χ1) is 5.75. The van der Waals surface area contributed by atoms with E-state index in [0.29, 0.717) is 17.9 Å². The highest BCUT2D eigenvalue weighted by Crippen LogP contribution is 2.51. The molecule has 3 unspecified atom stereocenters. The first-order valence-electron chi connectivity index (χ1n) is 4.29. The van der Waals surface area contributed by atoms with Crippen molar-refractivity contribution in [3.63, 3.8) is 0 Å². The predicted molar refractivity (Wildman–Crippen MR) is 42.9 cm³/mol. The first-order valence-corrected chi connectivity index (χ1v) is 4.29. The molecule has 3 atom stereocenters. The molecule has 3 rings (SSSR count). The maximum absolute atomic E-state index is 10.8. The normalized spacial score (nSPS) is 42.2. The molecule has 0 bridgehead atoms. The molecule has 0 aromatic carbocycles. The van der Waals surface area contributed by atoms with Crippen LogP contribution in [-0.4, -0.2) is 23.6 Å². The van der Waals surface area contributed by atoms with Crippen molar-refractivity contribution in [2.45, 2.75) is 12.5 Å². The number of nitrogens with two attached hydrogens (primary N) is 1. The smallest absolute Gasteiger partial charge is 0.329 e. The average molecular weight is 165 g/mol. The summed E-state index contributed by atoms with van der Waals surface area (Å²) in [6, 6.07) is 0.104. The summed E-state index contributed by atoms with van der Waals surface area (Å²) in [5, 5.41) is 1.53. The van der Waals surface area contributed by atoms with Gasteiger partial charge in [-0.3, -0.25) is 5.01 Å². The Bertz CT molecular complexity index is 286. The molecule has 1 heterocycles. The van der Waals surface area contributed by atoms with Crippen LogP contribution in [0.4, 0.5) is 4.79 Å². The molecule has 12 heavy (non-hydrogen) atoms. The second-order valence-corrected chi connectivity index (χ2v) is 3.82. The lowest BCUT2D eigenvalue weighted by Gasteiger charge is -2.14. The zero-order chi connectivity index (χ0) is 8.29. The highest BCUT2D eigenvalue weighted by atomic mass is 16.2. The van der Waals surface area contributed by atoms with E-state index in [9.17, 15) is 4.79 Å². The van der Waals surface area contributed by atoms with E-state index in [1.807, 2.05) is 0 Å². The third-order valence-corrected chi connectivity index (χ3v) is 3.06. The Kier molecular flexibility index (Phi) is 0.985. The van der Waals surface area contributed by atoms with Crippen molar-refractivity contribution in [2.24, 2.45) is 17.6 Å². The van der Waals surface area contributed by atoms with Gasteiger partial charge in [-0.1, -0.05) is 11.6 Å². The van der Waals surface area contributed by atoms with E-state index in [1.165, 1.54) is 11.4 Å². The van der Waals surface area contributed by atoms with Crippen LogP contribution in [0.2, 0.25) is 0 Å². The Labute approximate surface area is 70.4 Å². The number of carbonyl (C=O) groups excluding carboxylic acids is 1. The number of rotatable bonds is 0. The van der Waals surface area contributed by atoms with Crippen LogP contribution in [0, 0.1) is 11.8 Å². The minimum absolute atomic E-state index is 0.361. The maximum atomic E-state index is 10.8. The molecule has 4 heteroatoms. The van der Waals surface area contributed by atoms with Gasteiger partial charge in [-0.05, 0) is 6.42 Å². The van der Waals surface area contributed by atoms with Crippen LogP contribution in [-0.2, 0) is 0 Å². The van der Waals surface area contributed by atoms with Crippen LogP contribution in [0.5, 0.6) is 0 Å². The number of carbonyl (C=O) groups is 1. The van der Waals surface area contributed by atoms with Crippen LogP contribution >= 0.6 is 0 Å². The van der Waals surface area contributed by atoms with Gasteiger partial charge in [-0.15, -0.1) is 0 Å². The van der Waals surface area contributed by atoms with Crippen LogP contribution in [0.3, 0.4) is 0 Å². The number of nitrogens with one attached hydrogen (secondary N) is 1. The third kappa shape index (κ3) is 0.679. The van der Waals surface area contributed by atoms with E-state index >= 15 is 0 Å². The second kappa shape index (κ2) is 1.82. The van der Waals surface area contributed by atoms with Gasteiger partial charge in [0, 0.05) is 24.4 Å². The summed E-state index contributed by atoms with van der Waals surface area (Å²) in [7, 11) is 0. The van der Waals surface area contributed by atoms with Gasteiger partial charge in [0.2, 0.25) is 0 Å². The number of primary amides is 1. The molecular weight excluding hydrogens is 154 g/mol. The van der Waals surface area contributed by atoms with Crippen LogP contribution in [0.1, 0.15) is 6.42 Å². The van der Waals surface area contributed by atoms with E-state index < -0.39 is 0 Å². The highest BCUT2D eigenvalue weighted by Gasteiger charge is 2.51. The van der Waals surface area contributed by atoms with Gasteiger partial charge in [-0.25, -0.2) is 10.2 Å². The molecular formula is C8H11N3O. The molecule has 2 fully saturated rings. The molecule has 1 saturated heterocycles. The van der Waals surface area contributed by atoms with Crippen molar-refractivity contribution in [2.75, 3.05) is 6.54 Å². The lowest BCUT2D eigenvalue weighted by Crippen LogP contribution is -2.43. The molecule has 3 N–H and O–H groups in total. The fourth-order valence-corrected chi connectivity index (χ4v) is 2.37. The van der Waals surface area contributed by atoms with E-state index in [2.05, 4.69) is 11.5 Å². The zero-order valence-corrected chi connectivity index (χ0v) is 6.66. The number of fused-ring (bicyclic) bond motifs is 3. The van der Waals surface area contributed by atoms with Gasteiger partial charge >= 0.3 is 6.03 Å². The molecule has 0 aromatic heterocycles. The van der Waals surface area contributed by atoms with Crippen LogP contribution in [0.25, 0.3) is 0 Å². The van der Waals surface area contributed by atoms with E-state index in [4.69, 9.17) is 5.73 Å². The molecule has 0 aromatic rings. The van der Waals surface area contributed by atoms with Crippen molar-refractivity contribution in [3.8, 4) is 0 Å². The summed E-state index contributed by atoms with van der Waals surface area (Å²) in [5.41, 5.74) is 9.89. The largest absolute Gasteiger partial charge is 0.350 e. The quantitative estimate of drug-likeness (QED) is 0.489. The highest BCUT2D eigenvalue weighted by molar-refractivity contribution is 5.72. The standard InChI is InChI=1S/C8H11N3O/c9-8(12)11-3-5-1-4-2-6(4)7(5)10-11/h1,5-7,10H,2-3H2,(H2,9,12). The summed E-state index contributed by atoms with van der Waals surface area (Å²) in [5.74, 6) is 1.23. The predicted octanol–water partition coefficient (Wildman–Crippen LogP) is -0.170. The Morgan fingerprint density at radius 2 is 2.58 bits per heavy atom. The van der Waals surface area contributed by atoms with Gasteiger partial charge in [0.25, 0.3) is 0 Å². The van der Waals surface area contributed by atoms with Crippen molar-refractivity contribution in [1.82, 2.24) is 10.4 Å². The van der Waals surface area contributed by atoms with Crippen molar-refractivity contribution in [1.29, 1.82) is 0 Å². The summed E-state index contributed by atoms with van der Waals surface area (Å²) >= 11 is 0. The van der Waals surface area contributed by atoms with Crippen LogP contribution in [0.15, 0.2) is 11.6 Å². The lowest BCUT2D eigenvalue weighted by molar-refractivity contribution is 0.195. The lowest BCUT2D eigenvalue weighted by atomic mass is 10.0. The number of nitrogens with zero attached hydrogens (tertiary/aromatic N) is 1. The number of hydrazine groups is 1. The monoisotopic (exact) mass is 165 g/mol. The first kappa shape index (κ1) is 6.48. The minimum atomic E-state index is -0.361. The van der Waals surface area contributed by atoms with Gasteiger partial charge in [0.1, 0.15) is 0 Å². The topological polar surface area (TPSA) is 58.4 Å². The fraction of sp³-hybridized carbons (Fsp3) is 0.625. The Morgan fingerprint density at radius 3 is 3.25 bits per heavy atom. The molecule has 64 valence electrons. The summed E-state index contributed by atoms with van der Waals surface area (Å²) < 4.78 is 0. The fourth-order valence-electron chi connectivity index (χ4n) is 2.37. The van der Waals surface area contributed by atoms with Crippen molar-refractivity contribution < 1.29 is 4.79 Å². The SMILES string of the molecule is NC(=O)N1CC2C=C3CC3C2N1. The molecule has 1 aliphatic heterocycles. The average Bonchev–Trinajstić information content (AvgIpc) is 2.54. The van der Waals surface area contributed by atoms with Crippen molar-refractivity contribution >= 4 is 6.03 Å². The van der Waals surface area contributed by atoms with Crippen molar-refractivity contribution in [3.05, 3.63) is 11.6 Å². The van der Waals surface area contributed by atoms with Crippen LogP contribution < -0.4 is 11.2 Å². The Morgan fingerprint density at radius 1 is 1.75 bits per heavy atom. The number of urea groups is 1. The molecule has 4 nitrogen and oxygen atoms in total. The molecule has 0 radical (unpaired) electrons. The second-order valence-electron chi connectivity index (χ2n) is 3.82. The van der Waals surface area contributed by atoms with Gasteiger partial charge in [0.05, 0.1) is 0 Å². The maximum Gasteiger partial charge on any atom is 0.329 e. The number of amides is 2. The third-order valence-electron chi connectivity index (χ3n) is 3.06. The summed E-state index contributed by atoms with van der Waals surface area (Å²) in [6.07, 6.45) is 3.52. The Balaban J connectivity index is 1.80. The number of hydrogen-bond donors (Lipinski definition) is 2. The molecule has 3 aliphatic rings. The summed E-state index contributed by atoms with van der Waals surface area (Å²) in [4.78, 5) is 10.8. The van der Waals surface area contributed by atoms with Gasteiger partial charge in [0.15, 0.2) is 0 Å². The molecule has 0 spiro atoms. The van der Waals surface area contributed by atoms with Gasteiger partial charge in [-0.2, -0.15) is 0 Å².